The molecule has 14 heavy (non-hydrogen) atoms. The number of aromatic nitrogens is 1. The SMILES string of the molecule is COC(=O)C(=O)NCc1cc(C)no1. The van der Waals surface area contributed by atoms with Crippen molar-refractivity contribution >= 4 is 11.9 Å². The van der Waals surface area contributed by atoms with Crippen molar-refractivity contribution in [2.45, 2.75) is 13.5 Å². The lowest BCUT2D eigenvalue weighted by Gasteiger charge is -1.99. The first-order valence-corrected chi connectivity index (χ1v) is 3.92. The van der Waals surface area contributed by atoms with Crippen LogP contribution >= 0.6 is 0 Å². The van der Waals surface area contributed by atoms with E-state index in [4.69, 9.17) is 4.52 Å². The zero-order valence-corrected chi connectivity index (χ0v) is 7.86. The molecule has 0 radical (unpaired) electrons. The summed E-state index contributed by atoms with van der Waals surface area (Å²) < 4.78 is 9.02. The highest BCUT2D eigenvalue weighted by atomic mass is 16.5. The molecule has 0 atom stereocenters. The van der Waals surface area contributed by atoms with E-state index in [0.29, 0.717) is 11.5 Å². The Morgan fingerprint density at radius 2 is 2.36 bits per heavy atom. The molecule has 1 heterocycles. The van der Waals surface area contributed by atoms with Crippen molar-refractivity contribution in [3.8, 4) is 0 Å². The van der Waals surface area contributed by atoms with Crippen LogP contribution in [-0.4, -0.2) is 24.1 Å². The summed E-state index contributed by atoms with van der Waals surface area (Å²) in [5.41, 5.74) is 0.715. The van der Waals surface area contributed by atoms with Crippen LogP contribution in [0.5, 0.6) is 0 Å². The Bertz CT molecular complexity index is 345. The molecule has 0 spiro atoms. The highest BCUT2D eigenvalue weighted by Gasteiger charge is 2.13. The van der Waals surface area contributed by atoms with Gasteiger partial charge in [-0.05, 0) is 6.92 Å². The molecule has 0 aliphatic carbocycles. The number of amides is 1. The van der Waals surface area contributed by atoms with Crippen molar-refractivity contribution in [2.24, 2.45) is 0 Å². The van der Waals surface area contributed by atoms with Gasteiger partial charge in [0.1, 0.15) is 0 Å². The van der Waals surface area contributed by atoms with E-state index in [1.165, 1.54) is 0 Å². The van der Waals surface area contributed by atoms with Crippen LogP contribution in [-0.2, 0) is 20.9 Å². The van der Waals surface area contributed by atoms with Crippen LogP contribution in [0.3, 0.4) is 0 Å². The standard InChI is InChI=1S/C8H10N2O4/c1-5-3-6(14-10-5)4-9-7(11)8(12)13-2/h3H,4H2,1-2H3,(H,9,11). The molecule has 1 N–H and O–H groups in total. The third-order valence-corrected chi connectivity index (χ3v) is 1.47. The zero-order valence-electron chi connectivity index (χ0n) is 7.86. The summed E-state index contributed by atoms with van der Waals surface area (Å²) in [5.74, 6) is -1.25. The molecule has 0 bridgehead atoms. The van der Waals surface area contributed by atoms with Crippen LogP contribution in [0.1, 0.15) is 11.5 Å². The van der Waals surface area contributed by atoms with Gasteiger partial charge in [-0.15, -0.1) is 0 Å². The van der Waals surface area contributed by atoms with Gasteiger partial charge in [-0.25, -0.2) is 4.79 Å². The van der Waals surface area contributed by atoms with Crippen molar-refractivity contribution in [3.63, 3.8) is 0 Å². The predicted molar refractivity (Wildman–Crippen MR) is 45.1 cm³/mol. The molecule has 1 aromatic rings. The van der Waals surface area contributed by atoms with Gasteiger partial charge in [0.15, 0.2) is 5.76 Å². The molecule has 0 aromatic carbocycles. The van der Waals surface area contributed by atoms with Crippen molar-refractivity contribution in [3.05, 3.63) is 17.5 Å². The van der Waals surface area contributed by atoms with Crippen molar-refractivity contribution in [2.75, 3.05) is 7.11 Å². The summed E-state index contributed by atoms with van der Waals surface area (Å²) in [4.78, 5) is 21.6. The quantitative estimate of drug-likeness (QED) is 0.524. The average molecular weight is 198 g/mol. The van der Waals surface area contributed by atoms with Crippen molar-refractivity contribution < 1.29 is 18.8 Å². The first-order valence-electron chi connectivity index (χ1n) is 3.92. The van der Waals surface area contributed by atoms with Crippen LogP contribution in [0.25, 0.3) is 0 Å². The number of hydrogen-bond donors (Lipinski definition) is 1. The van der Waals surface area contributed by atoms with E-state index in [2.05, 4.69) is 15.2 Å². The van der Waals surface area contributed by atoms with Crippen LogP contribution < -0.4 is 5.32 Å². The number of rotatable bonds is 2. The minimum atomic E-state index is -0.929. The Balaban J connectivity index is 2.41. The molecular weight excluding hydrogens is 188 g/mol. The van der Waals surface area contributed by atoms with E-state index in [1.807, 2.05) is 0 Å². The summed E-state index contributed by atoms with van der Waals surface area (Å²) in [6.07, 6.45) is 0. The number of ether oxygens (including phenoxy) is 1. The number of carbonyl (C=O) groups is 2. The van der Waals surface area contributed by atoms with Gasteiger partial charge in [0.25, 0.3) is 0 Å². The summed E-state index contributed by atoms with van der Waals surface area (Å²) in [5, 5.41) is 5.93. The van der Waals surface area contributed by atoms with E-state index in [9.17, 15) is 9.59 Å². The molecule has 0 saturated carbocycles. The zero-order chi connectivity index (χ0) is 10.6. The first kappa shape index (κ1) is 10.2. The Hall–Kier alpha value is -1.85. The monoisotopic (exact) mass is 198 g/mol. The number of carbonyl (C=O) groups excluding carboxylic acids is 2. The molecule has 6 heteroatoms. The fraction of sp³-hybridized carbons (Fsp3) is 0.375. The number of hydrogen-bond acceptors (Lipinski definition) is 5. The van der Waals surface area contributed by atoms with Gasteiger partial charge in [0.2, 0.25) is 0 Å². The topological polar surface area (TPSA) is 81.4 Å². The Morgan fingerprint density at radius 3 is 2.86 bits per heavy atom. The molecule has 1 rings (SSSR count). The van der Waals surface area contributed by atoms with Gasteiger partial charge in [-0.3, -0.25) is 4.79 Å². The number of methoxy groups -OCH3 is 1. The second-order valence-corrected chi connectivity index (χ2v) is 2.61. The van der Waals surface area contributed by atoms with Gasteiger partial charge in [0.05, 0.1) is 19.3 Å². The summed E-state index contributed by atoms with van der Waals surface area (Å²) in [6.45, 7) is 1.88. The van der Waals surface area contributed by atoms with E-state index in [0.717, 1.165) is 7.11 Å². The minimum Gasteiger partial charge on any atom is -0.462 e. The molecule has 1 amide bonds. The van der Waals surface area contributed by atoms with Gasteiger partial charge in [-0.1, -0.05) is 5.16 Å². The highest BCUT2D eigenvalue weighted by Crippen LogP contribution is 2.00. The molecule has 0 fully saturated rings. The van der Waals surface area contributed by atoms with Crippen LogP contribution in [0, 0.1) is 6.92 Å². The van der Waals surface area contributed by atoms with Gasteiger partial charge >= 0.3 is 11.9 Å². The maximum absolute atomic E-state index is 10.9. The Labute approximate surface area is 80.2 Å². The van der Waals surface area contributed by atoms with Crippen molar-refractivity contribution in [1.82, 2.24) is 10.5 Å². The van der Waals surface area contributed by atoms with Crippen LogP contribution in [0.4, 0.5) is 0 Å². The summed E-state index contributed by atoms with van der Waals surface area (Å²) >= 11 is 0. The molecule has 0 aliphatic rings. The normalized spacial score (nSPS) is 9.57. The molecular formula is C8H10N2O4. The maximum Gasteiger partial charge on any atom is 0.396 e. The lowest BCUT2D eigenvalue weighted by molar-refractivity contribution is -0.152. The average Bonchev–Trinajstić information content (AvgIpc) is 2.59. The lowest BCUT2D eigenvalue weighted by Crippen LogP contribution is -2.31. The van der Waals surface area contributed by atoms with Gasteiger partial charge in [0, 0.05) is 6.07 Å². The Kier molecular flexibility index (Phi) is 3.22. The van der Waals surface area contributed by atoms with E-state index in [-0.39, 0.29) is 6.54 Å². The van der Waals surface area contributed by atoms with Crippen LogP contribution in [0.2, 0.25) is 0 Å². The van der Waals surface area contributed by atoms with Gasteiger partial charge in [-0.2, -0.15) is 0 Å². The summed E-state index contributed by atoms with van der Waals surface area (Å²) in [7, 11) is 1.14. The molecule has 6 nitrogen and oxygen atoms in total. The third-order valence-electron chi connectivity index (χ3n) is 1.47. The number of nitrogens with zero attached hydrogens (tertiary/aromatic N) is 1. The first-order chi connectivity index (χ1) is 6.63. The molecule has 0 aliphatic heterocycles. The lowest BCUT2D eigenvalue weighted by atomic mass is 10.4. The van der Waals surface area contributed by atoms with E-state index < -0.39 is 11.9 Å². The maximum atomic E-state index is 10.9. The molecule has 0 saturated heterocycles. The van der Waals surface area contributed by atoms with E-state index >= 15 is 0 Å². The highest BCUT2D eigenvalue weighted by molar-refractivity contribution is 6.32. The fourth-order valence-corrected chi connectivity index (χ4v) is 0.832. The molecule has 1 aromatic heterocycles. The van der Waals surface area contributed by atoms with E-state index in [1.54, 1.807) is 13.0 Å². The molecule has 0 unspecified atom stereocenters. The Morgan fingerprint density at radius 1 is 1.64 bits per heavy atom. The third kappa shape index (κ3) is 2.58. The van der Waals surface area contributed by atoms with Crippen molar-refractivity contribution in [1.29, 1.82) is 0 Å². The largest absolute Gasteiger partial charge is 0.462 e. The smallest absolute Gasteiger partial charge is 0.396 e. The number of esters is 1. The number of nitrogens with one attached hydrogen (secondary N) is 1. The summed E-state index contributed by atoms with van der Waals surface area (Å²) in [6, 6.07) is 1.66. The molecule has 76 valence electrons. The second-order valence-electron chi connectivity index (χ2n) is 2.61. The minimum absolute atomic E-state index is 0.120. The van der Waals surface area contributed by atoms with Gasteiger partial charge < -0.3 is 14.6 Å². The predicted octanol–water partition coefficient (Wildman–Crippen LogP) is -0.228. The fourth-order valence-electron chi connectivity index (χ4n) is 0.832. The second kappa shape index (κ2) is 4.40. The number of aryl methyl sites for hydroxylation is 1. The van der Waals surface area contributed by atoms with Crippen LogP contribution in [0.15, 0.2) is 10.6 Å².